The molecule has 0 aliphatic rings. The molecule has 2 aromatic heterocycles. The highest BCUT2D eigenvalue weighted by atomic mass is 16.3. The summed E-state index contributed by atoms with van der Waals surface area (Å²) in [5.74, 6) is 1.86. The molecule has 0 amide bonds. The van der Waals surface area contributed by atoms with E-state index in [1.165, 1.54) is 33.0 Å². The number of para-hydroxylation sites is 1. The van der Waals surface area contributed by atoms with Gasteiger partial charge in [-0.25, -0.2) is 15.0 Å². The van der Waals surface area contributed by atoms with Gasteiger partial charge in [0.25, 0.3) is 0 Å². The number of aromatic nitrogens is 3. The van der Waals surface area contributed by atoms with E-state index >= 15 is 0 Å². The summed E-state index contributed by atoms with van der Waals surface area (Å²) < 4.78 is 6.28. The summed E-state index contributed by atoms with van der Waals surface area (Å²) in [6.07, 6.45) is 0. The molecule has 4 heteroatoms. The van der Waals surface area contributed by atoms with Crippen LogP contribution in [0.5, 0.6) is 0 Å². The van der Waals surface area contributed by atoms with Crippen LogP contribution in [-0.4, -0.2) is 15.0 Å². The zero-order valence-corrected chi connectivity index (χ0v) is 31.8. The minimum Gasteiger partial charge on any atom is -0.456 e. The summed E-state index contributed by atoms with van der Waals surface area (Å²) in [5.41, 5.74) is 9.24. The van der Waals surface area contributed by atoms with Gasteiger partial charge in [0.05, 0.1) is 0 Å². The molecule has 0 unspecified atom stereocenters. The summed E-state index contributed by atoms with van der Waals surface area (Å²) in [4.78, 5) is 15.5. The Bertz CT molecular complexity index is 3620. The van der Waals surface area contributed by atoms with Gasteiger partial charge in [0.15, 0.2) is 17.5 Å². The van der Waals surface area contributed by atoms with E-state index in [1.54, 1.807) is 0 Å². The molecular formula is C55H33N3O. The first-order valence-corrected chi connectivity index (χ1v) is 19.9. The normalized spacial score (nSPS) is 11.7. The molecule has 4 nitrogen and oxygen atoms in total. The maximum Gasteiger partial charge on any atom is 0.164 e. The van der Waals surface area contributed by atoms with Gasteiger partial charge in [-0.05, 0) is 120 Å². The summed E-state index contributed by atoms with van der Waals surface area (Å²) in [6.45, 7) is 0. The lowest BCUT2D eigenvalue weighted by atomic mass is 9.98. The summed E-state index contributed by atoms with van der Waals surface area (Å²) >= 11 is 0. The highest BCUT2D eigenvalue weighted by molar-refractivity contribution is 6.10. The van der Waals surface area contributed by atoms with Crippen LogP contribution in [0.3, 0.4) is 0 Å². The predicted octanol–water partition coefficient (Wildman–Crippen LogP) is 14.7. The van der Waals surface area contributed by atoms with Crippen molar-refractivity contribution in [1.29, 1.82) is 0 Å². The van der Waals surface area contributed by atoms with E-state index in [0.717, 1.165) is 70.9 Å². The first kappa shape index (κ1) is 33.2. The van der Waals surface area contributed by atoms with Crippen LogP contribution in [0.1, 0.15) is 0 Å². The average molecular weight is 752 g/mol. The third-order valence-corrected chi connectivity index (χ3v) is 11.6. The fraction of sp³-hybridized carbons (Fsp3) is 0. The van der Waals surface area contributed by atoms with Gasteiger partial charge in [0.1, 0.15) is 11.2 Å². The molecule has 10 aromatic carbocycles. The SMILES string of the molecule is c1ccc(-c2ccc3ccc(-c4nc(-c5ccc6cc(-c7ccc8ccccc8c7)ccc6c5)nc(-c5ccc6cc7c(cc6c5)oc5ccccc57)n4)cc3c2)cc1. The fourth-order valence-electron chi connectivity index (χ4n) is 8.50. The van der Waals surface area contributed by atoms with Crippen LogP contribution in [0.2, 0.25) is 0 Å². The molecule has 0 bridgehead atoms. The van der Waals surface area contributed by atoms with Gasteiger partial charge in [0.2, 0.25) is 0 Å². The van der Waals surface area contributed by atoms with Gasteiger partial charge in [-0.3, -0.25) is 0 Å². The third kappa shape index (κ3) is 5.89. The van der Waals surface area contributed by atoms with E-state index in [4.69, 9.17) is 19.4 Å². The molecule has 2 heterocycles. The van der Waals surface area contributed by atoms with E-state index in [-0.39, 0.29) is 0 Å². The molecule has 0 aliphatic carbocycles. The van der Waals surface area contributed by atoms with Gasteiger partial charge < -0.3 is 4.42 Å². The Morgan fingerprint density at radius 3 is 1.29 bits per heavy atom. The molecule has 0 N–H and O–H groups in total. The Balaban J connectivity index is 0.989. The lowest BCUT2D eigenvalue weighted by molar-refractivity contribution is 0.669. The van der Waals surface area contributed by atoms with Crippen LogP contribution in [-0.2, 0) is 0 Å². The maximum atomic E-state index is 6.28. The first-order chi connectivity index (χ1) is 29.1. The highest BCUT2D eigenvalue weighted by Gasteiger charge is 2.16. The van der Waals surface area contributed by atoms with Gasteiger partial charge in [-0.1, -0.05) is 146 Å². The summed E-state index contributed by atoms with van der Waals surface area (Å²) in [5, 5.41) is 11.5. The fourth-order valence-corrected chi connectivity index (χ4v) is 8.50. The van der Waals surface area contributed by atoms with Crippen molar-refractivity contribution in [3.8, 4) is 56.4 Å². The van der Waals surface area contributed by atoms with E-state index in [2.05, 4.69) is 182 Å². The second-order valence-electron chi connectivity index (χ2n) is 15.3. The van der Waals surface area contributed by atoms with Crippen molar-refractivity contribution < 1.29 is 4.42 Å². The summed E-state index contributed by atoms with van der Waals surface area (Å²) in [6, 6.07) is 70.8. The van der Waals surface area contributed by atoms with Crippen molar-refractivity contribution >= 4 is 65.0 Å². The van der Waals surface area contributed by atoms with E-state index in [9.17, 15) is 0 Å². The minimum absolute atomic E-state index is 0.612. The lowest BCUT2D eigenvalue weighted by Gasteiger charge is -2.11. The van der Waals surface area contributed by atoms with Crippen LogP contribution >= 0.6 is 0 Å². The lowest BCUT2D eigenvalue weighted by Crippen LogP contribution is -2.00. The Labute approximate surface area is 339 Å². The van der Waals surface area contributed by atoms with E-state index < -0.39 is 0 Å². The Morgan fingerprint density at radius 1 is 0.237 bits per heavy atom. The molecule has 0 spiro atoms. The van der Waals surface area contributed by atoms with Gasteiger partial charge >= 0.3 is 0 Å². The number of rotatable bonds is 5. The van der Waals surface area contributed by atoms with Crippen molar-refractivity contribution in [2.75, 3.05) is 0 Å². The Morgan fingerprint density at radius 2 is 0.644 bits per heavy atom. The molecule has 274 valence electrons. The first-order valence-electron chi connectivity index (χ1n) is 19.9. The number of benzene rings is 10. The molecule has 0 aliphatic heterocycles. The predicted molar refractivity (Wildman–Crippen MR) is 244 cm³/mol. The number of hydrogen-bond acceptors (Lipinski definition) is 4. The molecular weight excluding hydrogens is 719 g/mol. The van der Waals surface area contributed by atoms with Gasteiger partial charge in [-0.2, -0.15) is 0 Å². The molecule has 0 fully saturated rings. The van der Waals surface area contributed by atoms with Crippen molar-refractivity contribution in [3.63, 3.8) is 0 Å². The van der Waals surface area contributed by atoms with Crippen LogP contribution in [0, 0.1) is 0 Å². The van der Waals surface area contributed by atoms with Crippen LogP contribution in [0.25, 0.3) is 121 Å². The molecule has 12 rings (SSSR count). The standard InChI is InChI=1S/C55H33N3O/c1-2-8-34(9-3-1)38-17-15-36-16-23-45(30-47(36)29-38)54-56-53(44-24-21-41-27-40(19-20-42(41)28-44)39-18-14-35-10-4-5-11-37(35)26-39)57-55(58-54)46-25-22-43-32-50-49-12-6-7-13-51(49)59-52(50)33-48(43)31-46/h1-33H. The zero-order valence-electron chi connectivity index (χ0n) is 31.8. The monoisotopic (exact) mass is 751 g/mol. The molecule has 12 aromatic rings. The van der Waals surface area contributed by atoms with Crippen LogP contribution in [0.4, 0.5) is 0 Å². The van der Waals surface area contributed by atoms with Gasteiger partial charge in [-0.15, -0.1) is 0 Å². The molecule has 0 saturated heterocycles. The topological polar surface area (TPSA) is 51.8 Å². The van der Waals surface area contributed by atoms with Crippen molar-refractivity contribution in [1.82, 2.24) is 15.0 Å². The largest absolute Gasteiger partial charge is 0.456 e. The Kier molecular flexibility index (Phi) is 7.50. The van der Waals surface area contributed by atoms with Gasteiger partial charge in [0, 0.05) is 27.5 Å². The number of fused-ring (bicyclic) bond motifs is 7. The maximum absolute atomic E-state index is 6.28. The molecule has 0 saturated carbocycles. The van der Waals surface area contributed by atoms with Crippen molar-refractivity contribution in [2.45, 2.75) is 0 Å². The zero-order chi connectivity index (χ0) is 38.9. The third-order valence-electron chi connectivity index (χ3n) is 11.6. The number of nitrogens with zero attached hydrogens (tertiary/aromatic N) is 3. The highest BCUT2D eigenvalue weighted by Crippen LogP contribution is 2.36. The van der Waals surface area contributed by atoms with Crippen LogP contribution in [0.15, 0.2) is 205 Å². The molecule has 59 heavy (non-hydrogen) atoms. The Hall–Kier alpha value is -7.95. The van der Waals surface area contributed by atoms with Crippen molar-refractivity contribution in [2.24, 2.45) is 0 Å². The second kappa shape index (κ2) is 13.3. The van der Waals surface area contributed by atoms with E-state index in [0.29, 0.717) is 17.5 Å². The number of furan rings is 1. The van der Waals surface area contributed by atoms with Crippen molar-refractivity contribution in [3.05, 3.63) is 200 Å². The van der Waals surface area contributed by atoms with E-state index in [1.807, 2.05) is 18.2 Å². The molecule has 0 radical (unpaired) electrons. The quantitative estimate of drug-likeness (QED) is 0.176. The smallest absolute Gasteiger partial charge is 0.164 e. The summed E-state index contributed by atoms with van der Waals surface area (Å²) in [7, 11) is 0. The minimum atomic E-state index is 0.612. The average Bonchev–Trinajstić information content (AvgIpc) is 3.67. The number of hydrogen-bond donors (Lipinski definition) is 0. The van der Waals surface area contributed by atoms with Crippen LogP contribution < -0.4 is 0 Å². The molecule has 0 atom stereocenters. The second-order valence-corrected chi connectivity index (χ2v) is 15.3.